The van der Waals surface area contributed by atoms with Crippen molar-refractivity contribution in [1.82, 2.24) is 14.7 Å². The van der Waals surface area contributed by atoms with Crippen molar-refractivity contribution < 1.29 is 14.3 Å². The van der Waals surface area contributed by atoms with Crippen LogP contribution in [0.5, 0.6) is 5.75 Å². The minimum atomic E-state index is -0.309. The number of aryl methyl sites for hydroxylation is 1. The van der Waals surface area contributed by atoms with Crippen LogP contribution in [0, 0.1) is 11.3 Å². The van der Waals surface area contributed by atoms with Crippen LogP contribution in [0.3, 0.4) is 0 Å². The number of ether oxygens (including phenoxy) is 2. The summed E-state index contributed by atoms with van der Waals surface area (Å²) in [6.07, 6.45) is 3.57. The number of hydrogen-bond donors (Lipinski definition) is 0. The van der Waals surface area contributed by atoms with Crippen LogP contribution in [0.1, 0.15) is 21.5 Å². The number of fused-ring (bicyclic) bond motifs is 1. The molecular formula is C30H25Cl2N5O3. The Kier molecular flexibility index (Phi) is 7.11. The van der Waals surface area contributed by atoms with E-state index in [1.165, 1.54) is 0 Å². The molecule has 2 aliphatic heterocycles. The Hall–Kier alpha value is -4.03. The molecule has 0 bridgehead atoms. The zero-order valence-corrected chi connectivity index (χ0v) is 23.2. The molecule has 1 amide bonds. The van der Waals surface area contributed by atoms with Gasteiger partial charge >= 0.3 is 0 Å². The van der Waals surface area contributed by atoms with E-state index in [4.69, 9.17) is 32.7 Å². The van der Waals surface area contributed by atoms with Gasteiger partial charge in [0.15, 0.2) is 6.73 Å². The first-order valence-corrected chi connectivity index (χ1v) is 13.6. The van der Waals surface area contributed by atoms with Gasteiger partial charge in [0.25, 0.3) is 5.91 Å². The summed E-state index contributed by atoms with van der Waals surface area (Å²) < 4.78 is 13.4. The van der Waals surface area contributed by atoms with E-state index in [0.717, 1.165) is 46.6 Å². The minimum absolute atomic E-state index is 0.0481. The summed E-state index contributed by atoms with van der Waals surface area (Å²) in [7, 11) is 1.83. The van der Waals surface area contributed by atoms with Crippen LogP contribution in [-0.4, -0.2) is 53.6 Å². The number of halogens is 2. The molecule has 0 unspecified atom stereocenters. The van der Waals surface area contributed by atoms with Crippen molar-refractivity contribution in [3.63, 3.8) is 0 Å². The zero-order chi connectivity index (χ0) is 27.8. The van der Waals surface area contributed by atoms with Gasteiger partial charge in [0.2, 0.25) is 0 Å². The summed E-state index contributed by atoms with van der Waals surface area (Å²) in [4.78, 5) is 17.3. The fourth-order valence-electron chi connectivity index (χ4n) is 5.16. The second kappa shape index (κ2) is 10.9. The highest BCUT2D eigenvalue weighted by Crippen LogP contribution is 2.40. The molecule has 4 aromatic rings. The first-order chi connectivity index (χ1) is 19.4. The molecule has 10 heteroatoms. The average Bonchev–Trinajstić information content (AvgIpc) is 3.42. The maximum atomic E-state index is 13.6. The van der Waals surface area contributed by atoms with Crippen molar-refractivity contribution in [2.75, 3.05) is 37.9 Å². The van der Waals surface area contributed by atoms with Gasteiger partial charge in [-0.2, -0.15) is 10.4 Å². The monoisotopic (exact) mass is 573 g/mol. The number of nitrogens with zero attached hydrogens (tertiary/aromatic N) is 5. The molecule has 8 nitrogen and oxygen atoms in total. The van der Waals surface area contributed by atoms with E-state index >= 15 is 0 Å². The normalized spacial score (nSPS) is 14.8. The topological polar surface area (TPSA) is 83.6 Å². The highest BCUT2D eigenvalue weighted by Gasteiger charge is 2.28. The number of anilines is 1. The van der Waals surface area contributed by atoms with Crippen LogP contribution in [0.2, 0.25) is 10.0 Å². The number of rotatable bonds is 4. The third-order valence-electron chi connectivity index (χ3n) is 7.18. The van der Waals surface area contributed by atoms with Gasteiger partial charge in [0.1, 0.15) is 11.8 Å². The van der Waals surface area contributed by atoms with Gasteiger partial charge in [0, 0.05) is 43.0 Å². The Balaban J connectivity index is 1.28. The van der Waals surface area contributed by atoms with Crippen molar-refractivity contribution in [3.8, 4) is 34.1 Å². The van der Waals surface area contributed by atoms with E-state index in [-0.39, 0.29) is 28.2 Å². The molecule has 0 saturated carbocycles. The lowest BCUT2D eigenvalue weighted by Crippen LogP contribution is -2.37. The van der Waals surface area contributed by atoms with Gasteiger partial charge in [-0.3, -0.25) is 9.48 Å². The molecule has 1 saturated heterocycles. The van der Waals surface area contributed by atoms with Crippen LogP contribution in [0.15, 0.2) is 60.9 Å². The highest BCUT2D eigenvalue weighted by molar-refractivity contribution is 6.40. The van der Waals surface area contributed by atoms with E-state index in [1.807, 2.05) is 49.6 Å². The second-order valence-corrected chi connectivity index (χ2v) is 10.5. The molecule has 2 aliphatic rings. The van der Waals surface area contributed by atoms with E-state index in [2.05, 4.69) is 16.1 Å². The first kappa shape index (κ1) is 26.2. The number of carbonyl (C=O) groups is 1. The number of aromatic nitrogens is 2. The zero-order valence-electron chi connectivity index (χ0n) is 21.7. The van der Waals surface area contributed by atoms with Crippen LogP contribution >= 0.6 is 23.2 Å². The maximum absolute atomic E-state index is 13.6. The van der Waals surface area contributed by atoms with Crippen molar-refractivity contribution in [2.45, 2.75) is 6.54 Å². The molecule has 0 atom stereocenters. The molecule has 40 heavy (non-hydrogen) atoms. The molecule has 1 aromatic heterocycles. The Morgan fingerprint density at radius 2 is 1.80 bits per heavy atom. The molecule has 3 heterocycles. The maximum Gasteiger partial charge on any atom is 0.259 e. The molecule has 0 N–H and O–H groups in total. The summed E-state index contributed by atoms with van der Waals surface area (Å²) in [5, 5.41) is 14.4. The fourth-order valence-corrected chi connectivity index (χ4v) is 5.81. The highest BCUT2D eigenvalue weighted by atomic mass is 35.5. The van der Waals surface area contributed by atoms with Crippen molar-refractivity contribution in [1.29, 1.82) is 5.26 Å². The van der Waals surface area contributed by atoms with Crippen LogP contribution in [0.4, 0.5) is 5.69 Å². The van der Waals surface area contributed by atoms with E-state index in [1.54, 1.807) is 27.9 Å². The molecule has 0 spiro atoms. The standard InChI is InChI=1S/C30H25Cl2N5O3/c1-35-16-23(15-34-35)22-11-25(31)28(26(32)12-22)30(38)37-17-21-3-2-4-24(29(21)40-18-37)19-5-6-20(14-33)27(13-19)36-7-9-39-10-8-36/h2-6,11-13,15-16H,7-10,17-18H2,1H3. The molecule has 0 aliphatic carbocycles. The van der Waals surface area contributed by atoms with Gasteiger partial charge in [-0.1, -0.05) is 47.5 Å². The predicted molar refractivity (Wildman–Crippen MR) is 154 cm³/mol. The summed E-state index contributed by atoms with van der Waals surface area (Å²) in [6.45, 7) is 3.10. The number of carbonyl (C=O) groups excluding carboxylic acids is 1. The van der Waals surface area contributed by atoms with Gasteiger partial charge in [-0.15, -0.1) is 0 Å². The largest absolute Gasteiger partial charge is 0.472 e. The van der Waals surface area contributed by atoms with Gasteiger partial charge in [-0.05, 0) is 35.4 Å². The molecule has 6 rings (SSSR count). The van der Waals surface area contributed by atoms with E-state index in [9.17, 15) is 10.1 Å². The lowest BCUT2D eigenvalue weighted by Gasteiger charge is -2.32. The van der Waals surface area contributed by atoms with Crippen LogP contribution < -0.4 is 9.64 Å². The van der Waals surface area contributed by atoms with Crippen LogP contribution in [-0.2, 0) is 18.3 Å². The van der Waals surface area contributed by atoms with E-state index < -0.39 is 0 Å². The van der Waals surface area contributed by atoms with Gasteiger partial charge in [-0.25, -0.2) is 0 Å². The van der Waals surface area contributed by atoms with Crippen molar-refractivity contribution in [2.24, 2.45) is 7.05 Å². The van der Waals surface area contributed by atoms with Crippen molar-refractivity contribution >= 4 is 34.8 Å². The molecule has 202 valence electrons. The quantitative estimate of drug-likeness (QED) is 0.308. The van der Waals surface area contributed by atoms with Crippen molar-refractivity contribution in [3.05, 3.63) is 87.7 Å². The number of para-hydroxylation sites is 1. The first-order valence-electron chi connectivity index (χ1n) is 12.8. The third kappa shape index (κ3) is 4.88. The number of benzene rings is 3. The Labute approximate surface area is 241 Å². The smallest absolute Gasteiger partial charge is 0.259 e. The lowest BCUT2D eigenvalue weighted by atomic mass is 9.98. The second-order valence-electron chi connectivity index (χ2n) is 9.73. The van der Waals surface area contributed by atoms with Crippen LogP contribution in [0.25, 0.3) is 22.3 Å². The van der Waals surface area contributed by atoms with E-state index in [0.29, 0.717) is 31.1 Å². The minimum Gasteiger partial charge on any atom is -0.472 e. The predicted octanol–water partition coefficient (Wildman–Crippen LogP) is 5.76. The Morgan fingerprint density at radius 3 is 2.50 bits per heavy atom. The Morgan fingerprint density at radius 1 is 1.02 bits per heavy atom. The Bertz CT molecular complexity index is 1630. The molecule has 1 fully saturated rings. The average molecular weight is 574 g/mol. The summed E-state index contributed by atoms with van der Waals surface area (Å²) in [6, 6.07) is 17.5. The van der Waals surface area contributed by atoms with Gasteiger partial charge < -0.3 is 19.3 Å². The summed E-state index contributed by atoms with van der Waals surface area (Å²) >= 11 is 13.2. The molecular weight excluding hydrogens is 549 g/mol. The summed E-state index contributed by atoms with van der Waals surface area (Å²) in [5.74, 6) is 0.407. The summed E-state index contributed by atoms with van der Waals surface area (Å²) in [5.41, 5.74) is 6.09. The molecule has 0 radical (unpaired) electrons. The number of amides is 1. The number of nitriles is 1. The lowest BCUT2D eigenvalue weighted by molar-refractivity contribution is 0.0516. The number of hydrogen-bond acceptors (Lipinski definition) is 6. The molecule has 3 aromatic carbocycles. The van der Waals surface area contributed by atoms with Gasteiger partial charge in [0.05, 0.1) is 52.8 Å². The fraction of sp³-hybridized carbons (Fsp3) is 0.233. The SMILES string of the molecule is Cn1cc(-c2cc(Cl)c(C(=O)N3COc4c(cccc4-c4ccc(C#N)c(N5CCOCC5)c4)C3)c(Cl)c2)cn1. The third-order valence-corrected chi connectivity index (χ3v) is 7.78. The number of morpholine rings is 1.